The number of hydrogen-bond acceptors (Lipinski definition) is 30. The van der Waals surface area contributed by atoms with Gasteiger partial charge in [-0.3, -0.25) is 37.4 Å². The summed E-state index contributed by atoms with van der Waals surface area (Å²) in [6.07, 6.45) is 40.9. The number of benzene rings is 3. The van der Waals surface area contributed by atoms with Gasteiger partial charge in [0.05, 0.1) is 83.0 Å². The molecule has 3 aromatic carbocycles. The van der Waals surface area contributed by atoms with Crippen LogP contribution in [0.5, 0.6) is 5.75 Å². The number of carbonyl (C=O) groups excluding carboxylic acids is 4. The Kier molecular flexibility index (Phi) is 25.0. The maximum Gasteiger partial charge on any atom is 0.261 e. The van der Waals surface area contributed by atoms with Gasteiger partial charge in [-0.05, 0) is 189 Å². The summed E-state index contributed by atoms with van der Waals surface area (Å²) in [5.41, 5.74) is 5.75. The van der Waals surface area contributed by atoms with E-state index in [1.54, 1.807) is 68.8 Å². The highest BCUT2D eigenvalue weighted by molar-refractivity contribution is 7.18. The number of rotatable bonds is 24. The Morgan fingerprint density at radius 1 is 0.403 bits per heavy atom. The number of halogens is 2. The second kappa shape index (κ2) is 38.0. The molecule has 9 aromatic heterocycles. The van der Waals surface area contributed by atoms with Crippen molar-refractivity contribution in [3.8, 4) is 28.5 Å². The van der Waals surface area contributed by atoms with E-state index >= 15 is 0 Å². The van der Waals surface area contributed by atoms with Crippen LogP contribution in [0.25, 0.3) is 22.7 Å². The van der Waals surface area contributed by atoms with Crippen LogP contribution in [0.2, 0.25) is 0 Å². The molecule has 0 unspecified atom stereocenters. The number of ether oxygens (including phenoxy) is 1. The molecule has 4 aliphatic heterocycles. The third kappa shape index (κ3) is 17.8. The van der Waals surface area contributed by atoms with E-state index in [1.807, 2.05) is 51.2 Å². The molecule has 4 atom stereocenters. The first-order valence-corrected chi connectivity index (χ1v) is 48.2. The summed E-state index contributed by atoms with van der Waals surface area (Å²) in [6, 6.07) is 20.7. The van der Waals surface area contributed by atoms with Crippen molar-refractivity contribution < 1.29 is 32.7 Å². The topological polar surface area (TPSA) is 413 Å². The Bertz CT molecular complexity index is 6340. The Labute approximate surface area is 777 Å². The highest BCUT2D eigenvalue weighted by Crippen LogP contribution is 2.49. The Hall–Kier alpha value is -13.8. The molecule has 0 saturated heterocycles. The van der Waals surface area contributed by atoms with Crippen LogP contribution < -0.4 is 66.9 Å². The number of methoxy groups -OCH3 is 1. The highest BCUT2D eigenvalue weighted by atomic mass is 32.1. The van der Waals surface area contributed by atoms with Gasteiger partial charge in [0.1, 0.15) is 64.9 Å². The third-order valence-electron chi connectivity index (χ3n) is 27.2. The highest BCUT2D eigenvalue weighted by Gasteiger charge is 2.45. The minimum Gasteiger partial charge on any atom is -0.495 e. The van der Waals surface area contributed by atoms with E-state index in [0.717, 1.165) is 183 Å². The number of fused-ring (bicyclic) bond motifs is 12. The number of carbonyl (C=O) groups is 4. The zero-order chi connectivity index (χ0) is 91.9. The smallest absolute Gasteiger partial charge is 0.261 e. The quantitative estimate of drug-likeness (QED) is 0.0278. The molecule has 13 heterocycles. The lowest BCUT2D eigenvalue weighted by Gasteiger charge is -2.41. The van der Waals surface area contributed by atoms with Gasteiger partial charge in [0.2, 0.25) is 23.8 Å². The Balaban J connectivity index is 0.000000111. The number of thiophene rings is 1. The van der Waals surface area contributed by atoms with Crippen molar-refractivity contribution >= 4 is 104 Å². The minimum atomic E-state index is -0.549. The van der Waals surface area contributed by atoms with Crippen LogP contribution in [0.3, 0.4) is 0 Å². The van der Waals surface area contributed by atoms with Gasteiger partial charge >= 0.3 is 0 Å². The molecule has 8 N–H and O–H groups in total. The fraction of sp³-hybridized carbons (Fsp3) is 0.468. The predicted molar refractivity (Wildman–Crippen MR) is 502 cm³/mol. The molecule has 7 aliphatic carbocycles. The first-order chi connectivity index (χ1) is 65.5. The predicted octanol–water partition coefficient (Wildman–Crippen LogP) is 15.8. The van der Waals surface area contributed by atoms with Gasteiger partial charge in [0.25, 0.3) is 23.6 Å². The zero-order valence-electron chi connectivity index (χ0n) is 76.1. The van der Waals surface area contributed by atoms with Gasteiger partial charge in [-0.15, -0.1) is 52.1 Å². The van der Waals surface area contributed by atoms with Crippen LogP contribution in [0.15, 0.2) is 110 Å². The van der Waals surface area contributed by atoms with Crippen LogP contribution in [0.1, 0.15) is 289 Å². The van der Waals surface area contributed by atoms with E-state index in [4.69, 9.17) is 24.7 Å². The number of aromatic nitrogens is 20. The van der Waals surface area contributed by atoms with Crippen molar-refractivity contribution in [1.29, 1.82) is 0 Å². The van der Waals surface area contributed by atoms with Crippen LogP contribution in [0, 0.1) is 18.6 Å². The third-order valence-corrected chi connectivity index (χ3v) is 28.2. The molecule has 0 bridgehead atoms. The van der Waals surface area contributed by atoms with Gasteiger partial charge < -0.3 is 66.9 Å². The largest absolute Gasteiger partial charge is 0.495 e. The monoisotopic (exact) mass is 1840 g/mol. The number of anilines is 12. The zero-order valence-corrected chi connectivity index (χ0v) is 76.9. The number of nitrogens with one attached hydrogen (secondary N) is 8. The van der Waals surface area contributed by atoms with Gasteiger partial charge in [-0.2, -0.15) is 19.9 Å². The van der Waals surface area contributed by atoms with Gasteiger partial charge in [0, 0.05) is 66.0 Å². The SMILES string of the molecule is CC[C@@H]1c2nnc(C)n2-c2cnc(Nc3ccc(C(=O)NC4CC4)cc3OC)nc2N1C1CCCC1.CC[C@@H]1c2nncn2-c2cnc(Nc3ccc(C(=O)NC)cc3F)nc2N1C1CCCC1.CC[C@@H]1c2nncn2-c2cnc(Nc3ccc(C(=O)NC4CC4)cc3F)nc2N1C1CCCC1.CC[C@@H]1c2nncn2-c2cnc(Nc3ccc(C(=O)NC4CC4)s3)nc2N1C1CCCC1. The summed E-state index contributed by atoms with van der Waals surface area (Å²) in [5, 5.41) is 59.4. The van der Waals surface area contributed by atoms with Crippen LogP contribution in [-0.2, 0) is 0 Å². The molecule has 40 heteroatoms. The average Bonchev–Trinajstić information content (AvgIpc) is 1.61. The maximum atomic E-state index is 14.9. The second-order valence-electron chi connectivity index (χ2n) is 36.1. The molecule has 0 radical (unpaired) electrons. The molecule has 37 nitrogen and oxygen atoms in total. The van der Waals surface area contributed by atoms with Gasteiger partial charge in [-0.25, -0.2) is 28.7 Å². The van der Waals surface area contributed by atoms with Crippen molar-refractivity contribution in [1.82, 2.24) is 120 Å². The van der Waals surface area contributed by atoms with Crippen molar-refractivity contribution in [2.24, 2.45) is 0 Å². The van der Waals surface area contributed by atoms with Crippen molar-refractivity contribution in [3.63, 3.8) is 0 Å². The lowest BCUT2D eigenvalue weighted by Crippen LogP contribution is -2.42. The molecular weight excluding hydrogens is 1730 g/mol. The molecular formula is C94H110F2N32O5S. The van der Waals surface area contributed by atoms with Gasteiger partial charge in [0.15, 0.2) is 46.6 Å². The van der Waals surface area contributed by atoms with E-state index in [2.05, 4.69) is 155 Å². The fourth-order valence-electron chi connectivity index (χ4n) is 20.1. The fourth-order valence-corrected chi connectivity index (χ4v) is 20.9. The Morgan fingerprint density at radius 2 is 0.754 bits per heavy atom. The minimum absolute atomic E-state index is 0.00440. The van der Waals surface area contributed by atoms with E-state index in [-0.39, 0.29) is 70.8 Å². The summed E-state index contributed by atoms with van der Waals surface area (Å²) in [7, 11) is 3.11. The summed E-state index contributed by atoms with van der Waals surface area (Å²) >= 11 is 1.42. The molecule has 696 valence electrons. The van der Waals surface area contributed by atoms with Crippen LogP contribution in [-0.4, -0.2) is 179 Å². The number of nitrogens with zero attached hydrogens (tertiary/aromatic N) is 24. The molecule has 134 heavy (non-hydrogen) atoms. The first-order valence-electron chi connectivity index (χ1n) is 47.3. The number of aryl methyl sites for hydroxylation is 1. The first kappa shape index (κ1) is 88.1. The van der Waals surface area contributed by atoms with Crippen molar-refractivity contribution in [2.45, 2.75) is 268 Å². The number of hydrogen-bond donors (Lipinski definition) is 8. The van der Waals surface area contributed by atoms with Crippen LogP contribution >= 0.6 is 11.3 Å². The normalized spacial score (nSPS) is 19.1. The molecule has 4 amide bonds. The van der Waals surface area contributed by atoms with E-state index in [1.165, 1.54) is 101 Å². The van der Waals surface area contributed by atoms with Crippen molar-refractivity contribution in [3.05, 3.63) is 173 Å². The van der Waals surface area contributed by atoms with E-state index in [9.17, 15) is 28.0 Å². The summed E-state index contributed by atoms with van der Waals surface area (Å²) in [4.78, 5) is 96.8. The molecule has 7 fully saturated rings. The Morgan fingerprint density at radius 3 is 1.13 bits per heavy atom. The molecule has 12 aromatic rings. The molecule has 7 saturated carbocycles. The molecule has 23 rings (SSSR count). The molecule has 11 aliphatic rings. The van der Waals surface area contributed by atoms with E-state index in [0.29, 0.717) is 87.5 Å². The molecule has 0 spiro atoms. The van der Waals surface area contributed by atoms with E-state index < -0.39 is 11.6 Å². The lowest BCUT2D eigenvalue weighted by atomic mass is 10.0. The summed E-state index contributed by atoms with van der Waals surface area (Å²) in [6.45, 7) is 10.6. The standard InChI is InChI=1S/C26H32N8O2.C24H27FN8O.C22H25FN8O.C22H26N8OS/c1-4-20-24-32-31-15(2)33(24)21-14-27-26(30-23(21)34(20)18-7-5-6-8-18)29-19-12-9-16(13-22(19)36-3)25(35)28-17-10-11-17;1-2-19-22-31-27-13-32(22)20-12-26-24(30-21(20)33(19)16-5-3-4-6-16)29-18-10-7-14(11-17(18)25)23(34)28-15-8-9-15;1-3-17-20-29-26-12-30(20)18-11-25-22(28-19(18)31(17)14-6-4-5-7-14)27-16-9-8-13(10-15(16)23)21(32)24-2;1-2-15-20-28-24-12-29(20)16-11-23-22(27-19(16)30(15)14-5-3-4-6-14)26-18-10-9-17(32-18)21(31)25-13-7-8-13/h9,12-14,17-18,20H,4-8,10-11H2,1-3H3,(H,28,35)(H,27,29,30);7,10-13,15-16,19H,2-6,8-9H2,1H3,(H,28,34)(H,26,29,30);8-12,14,17H,3-7H2,1-2H3,(H,24,32)(H,25,27,28);9-15H,2-8H2,1H3,(H,25,31)(H,23,26,27)/t20-;19-;17-;15-/m1111/s1. The summed E-state index contributed by atoms with van der Waals surface area (Å²) < 4.78 is 43.1. The van der Waals surface area contributed by atoms with Crippen LogP contribution in [0.4, 0.5) is 77.9 Å². The number of amides is 4. The van der Waals surface area contributed by atoms with Gasteiger partial charge in [-0.1, -0.05) is 79.1 Å². The summed E-state index contributed by atoms with van der Waals surface area (Å²) in [5.74, 6) is 8.43. The maximum absolute atomic E-state index is 14.9. The van der Waals surface area contributed by atoms with Crippen molar-refractivity contribution in [2.75, 3.05) is 55.0 Å². The average molecular weight is 1840 g/mol. The lowest BCUT2D eigenvalue weighted by molar-refractivity contribution is 0.0942. The second-order valence-corrected chi connectivity index (χ2v) is 37.2.